The molecule has 0 bridgehead atoms. The smallest absolute Gasteiger partial charge is 0.180 e. The van der Waals surface area contributed by atoms with E-state index in [0.29, 0.717) is 40.0 Å². The first-order valence-electron chi connectivity index (χ1n) is 16.3. The van der Waals surface area contributed by atoms with Crippen molar-refractivity contribution in [2.45, 2.75) is 0 Å². The lowest BCUT2D eigenvalue weighted by atomic mass is 10.0. The van der Waals surface area contributed by atoms with E-state index in [4.69, 9.17) is 33.8 Å². The van der Waals surface area contributed by atoms with Gasteiger partial charge in [0.05, 0.1) is 0 Å². The molecule has 50 heavy (non-hydrogen) atoms. The summed E-state index contributed by atoms with van der Waals surface area (Å²) in [5, 5.41) is 2.69. The van der Waals surface area contributed by atoms with Crippen molar-refractivity contribution in [3.63, 3.8) is 0 Å². The number of para-hydroxylation sites is 1. The molecule has 0 fully saturated rings. The summed E-state index contributed by atoms with van der Waals surface area (Å²) >= 11 is 0. The quantitative estimate of drug-likeness (QED) is 0.184. The lowest BCUT2D eigenvalue weighted by Crippen LogP contribution is -2.00. The first-order chi connectivity index (χ1) is 24.8. The van der Waals surface area contributed by atoms with E-state index in [1.165, 1.54) is 0 Å². The van der Waals surface area contributed by atoms with Crippen LogP contribution in [-0.2, 0) is 0 Å². The van der Waals surface area contributed by atoms with Crippen LogP contribution in [0.1, 0.15) is 0 Å². The van der Waals surface area contributed by atoms with Gasteiger partial charge in [0.25, 0.3) is 0 Å². The molecule has 234 valence electrons. The molecule has 0 unspecified atom stereocenters. The highest BCUT2D eigenvalue weighted by Gasteiger charge is 2.23. The molecule has 10 aromatic rings. The van der Waals surface area contributed by atoms with Gasteiger partial charge in [-0.1, -0.05) is 127 Å². The van der Waals surface area contributed by atoms with Gasteiger partial charge in [0.2, 0.25) is 0 Å². The SMILES string of the molecule is c1ccc(-c2nc(-c3ccccc3)nc(-c3cccc4oc5cccc(-c6nc(-c7ccccc7)c7oc8ccccc8c7n6)c5c34)n2)cc1. The molecule has 0 N–H and O–H groups in total. The summed E-state index contributed by atoms with van der Waals surface area (Å²) < 4.78 is 12.9. The number of hydrogen-bond acceptors (Lipinski definition) is 7. The molecule has 0 atom stereocenters. The number of furan rings is 2. The van der Waals surface area contributed by atoms with Crippen LogP contribution < -0.4 is 0 Å². The number of hydrogen-bond donors (Lipinski definition) is 0. The summed E-state index contributed by atoms with van der Waals surface area (Å²) in [6, 6.07) is 50.0. The molecular formula is C43H25N5O2. The Labute approximate surface area is 285 Å². The van der Waals surface area contributed by atoms with E-state index in [9.17, 15) is 0 Å². The summed E-state index contributed by atoms with van der Waals surface area (Å²) in [6.45, 7) is 0. The Morgan fingerprint density at radius 1 is 0.340 bits per heavy atom. The second-order valence-corrected chi connectivity index (χ2v) is 12.0. The first kappa shape index (κ1) is 28.1. The third-order valence-electron chi connectivity index (χ3n) is 8.97. The van der Waals surface area contributed by atoms with Crippen LogP contribution in [0.25, 0.3) is 101 Å². The summed E-state index contributed by atoms with van der Waals surface area (Å²) in [7, 11) is 0. The minimum atomic E-state index is 0.544. The van der Waals surface area contributed by atoms with E-state index in [-0.39, 0.29) is 0 Å². The van der Waals surface area contributed by atoms with Crippen LogP contribution in [0.2, 0.25) is 0 Å². The molecule has 7 nitrogen and oxygen atoms in total. The summed E-state index contributed by atoms with van der Waals surface area (Å²) in [4.78, 5) is 25.4. The van der Waals surface area contributed by atoms with Gasteiger partial charge in [-0.25, -0.2) is 24.9 Å². The Bertz CT molecular complexity index is 2810. The van der Waals surface area contributed by atoms with Crippen LogP contribution in [0.5, 0.6) is 0 Å². The highest BCUT2D eigenvalue weighted by molar-refractivity contribution is 6.17. The molecule has 6 aromatic carbocycles. The van der Waals surface area contributed by atoms with Gasteiger partial charge >= 0.3 is 0 Å². The van der Waals surface area contributed by atoms with Gasteiger partial charge in [0, 0.05) is 44.0 Å². The van der Waals surface area contributed by atoms with E-state index >= 15 is 0 Å². The van der Waals surface area contributed by atoms with Crippen LogP contribution in [-0.4, -0.2) is 24.9 Å². The zero-order valence-corrected chi connectivity index (χ0v) is 26.5. The predicted octanol–water partition coefficient (Wildman–Crippen LogP) is 10.8. The topological polar surface area (TPSA) is 90.7 Å². The van der Waals surface area contributed by atoms with Crippen molar-refractivity contribution in [1.29, 1.82) is 0 Å². The van der Waals surface area contributed by atoms with Crippen LogP contribution >= 0.6 is 0 Å². The van der Waals surface area contributed by atoms with Gasteiger partial charge in [0.1, 0.15) is 28.0 Å². The van der Waals surface area contributed by atoms with Crippen molar-refractivity contribution in [1.82, 2.24) is 24.9 Å². The largest absolute Gasteiger partial charge is 0.456 e. The minimum Gasteiger partial charge on any atom is -0.456 e. The van der Waals surface area contributed by atoms with Crippen molar-refractivity contribution in [3.05, 3.63) is 152 Å². The van der Waals surface area contributed by atoms with Crippen LogP contribution in [0.3, 0.4) is 0 Å². The highest BCUT2D eigenvalue weighted by atomic mass is 16.3. The second kappa shape index (κ2) is 11.3. The number of nitrogens with zero attached hydrogens (tertiary/aromatic N) is 5. The van der Waals surface area contributed by atoms with Crippen molar-refractivity contribution in [3.8, 4) is 56.8 Å². The standard InChI is InChI=1S/C43H25N5O2/c1-4-14-26(15-5-1)37-39-38(29-20-10-11-23-32(29)50-39)45-42(44-37)30-21-12-24-33-35(30)36-31(22-13-25-34(36)49-33)43-47-40(27-16-6-2-7-17-27)46-41(48-43)28-18-8-3-9-19-28/h1-25H. The summed E-state index contributed by atoms with van der Waals surface area (Å²) in [5.41, 5.74) is 8.73. The van der Waals surface area contributed by atoms with E-state index in [0.717, 1.165) is 60.8 Å². The molecule has 0 radical (unpaired) electrons. The first-order valence-corrected chi connectivity index (χ1v) is 16.3. The number of benzene rings is 6. The third-order valence-corrected chi connectivity index (χ3v) is 8.97. The maximum absolute atomic E-state index is 6.52. The second-order valence-electron chi connectivity index (χ2n) is 12.0. The average Bonchev–Trinajstić information content (AvgIpc) is 3.77. The van der Waals surface area contributed by atoms with Gasteiger partial charge in [-0.05, 0) is 24.3 Å². The molecule has 0 aliphatic heterocycles. The highest BCUT2D eigenvalue weighted by Crippen LogP contribution is 2.42. The van der Waals surface area contributed by atoms with E-state index < -0.39 is 0 Å². The van der Waals surface area contributed by atoms with Gasteiger partial charge in [-0.15, -0.1) is 0 Å². The van der Waals surface area contributed by atoms with Crippen molar-refractivity contribution < 1.29 is 8.83 Å². The van der Waals surface area contributed by atoms with Crippen molar-refractivity contribution in [2.24, 2.45) is 0 Å². The number of aromatic nitrogens is 5. The van der Waals surface area contributed by atoms with E-state index in [1.807, 2.05) is 152 Å². The van der Waals surface area contributed by atoms with Crippen molar-refractivity contribution >= 4 is 44.0 Å². The third kappa shape index (κ3) is 4.56. The zero-order chi connectivity index (χ0) is 33.0. The molecule has 0 aliphatic rings. The van der Waals surface area contributed by atoms with Crippen molar-refractivity contribution in [2.75, 3.05) is 0 Å². The monoisotopic (exact) mass is 643 g/mol. The summed E-state index contributed by atoms with van der Waals surface area (Å²) in [5.74, 6) is 2.29. The van der Waals surface area contributed by atoms with Crippen LogP contribution in [0.15, 0.2) is 160 Å². The minimum absolute atomic E-state index is 0.544. The van der Waals surface area contributed by atoms with Crippen LogP contribution in [0, 0.1) is 0 Å². The molecular weight excluding hydrogens is 619 g/mol. The van der Waals surface area contributed by atoms with E-state index in [2.05, 4.69) is 0 Å². The van der Waals surface area contributed by atoms with Crippen LogP contribution in [0.4, 0.5) is 0 Å². The fraction of sp³-hybridized carbons (Fsp3) is 0. The maximum Gasteiger partial charge on any atom is 0.180 e. The predicted molar refractivity (Wildman–Crippen MR) is 197 cm³/mol. The Balaban J connectivity index is 1.26. The molecule has 0 amide bonds. The number of fused-ring (bicyclic) bond motifs is 6. The molecule has 4 aromatic heterocycles. The Hall–Kier alpha value is -6.99. The normalized spacial score (nSPS) is 11.6. The average molecular weight is 644 g/mol. The molecule has 10 rings (SSSR count). The molecule has 0 spiro atoms. The zero-order valence-electron chi connectivity index (χ0n) is 26.5. The summed E-state index contributed by atoms with van der Waals surface area (Å²) in [6.07, 6.45) is 0. The molecule has 0 aliphatic carbocycles. The lowest BCUT2D eigenvalue weighted by Gasteiger charge is -2.10. The molecule has 0 saturated carbocycles. The van der Waals surface area contributed by atoms with E-state index in [1.54, 1.807) is 0 Å². The molecule has 7 heteroatoms. The Kier molecular flexibility index (Phi) is 6.35. The van der Waals surface area contributed by atoms with Gasteiger partial charge in [0.15, 0.2) is 28.9 Å². The van der Waals surface area contributed by atoms with Gasteiger partial charge in [-0.2, -0.15) is 0 Å². The number of rotatable bonds is 5. The maximum atomic E-state index is 6.52. The van der Waals surface area contributed by atoms with Gasteiger partial charge in [-0.3, -0.25) is 0 Å². The fourth-order valence-corrected chi connectivity index (χ4v) is 6.67. The lowest BCUT2D eigenvalue weighted by molar-refractivity contribution is 0.667. The molecule has 4 heterocycles. The van der Waals surface area contributed by atoms with Gasteiger partial charge < -0.3 is 8.83 Å². The Morgan fingerprint density at radius 3 is 1.42 bits per heavy atom. The fourth-order valence-electron chi connectivity index (χ4n) is 6.67. The molecule has 0 saturated heterocycles. The Morgan fingerprint density at radius 2 is 0.820 bits per heavy atom.